The van der Waals surface area contributed by atoms with Gasteiger partial charge in [0, 0.05) is 30.3 Å². The predicted octanol–water partition coefficient (Wildman–Crippen LogP) is 3.76. The number of aliphatic carboxylic acids is 1. The van der Waals surface area contributed by atoms with Crippen LogP contribution in [0.5, 0.6) is 0 Å². The number of hydrogen-bond donors (Lipinski definition) is 1. The Bertz CT molecular complexity index is 668. The number of piperidine rings is 1. The molecule has 2 fully saturated rings. The van der Waals surface area contributed by atoms with Gasteiger partial charge in [-0.05, 0) is 38.5 Å². The van der Waals surface area contributed by atoms with Crippen molar-refractivity contribution >= 4 is 23.2 Å². The summed E-state index contributed by atoms with van der Waals surface area (Å²) in [6, 6.07) is 0. The Morgan fingerprint density at radius 2 is 1.81 bits per heavy atom. The quantitative estimate of drug-likeness (QED) is 0.853. The molecule has 0 aromatic carbocycles. The number of amides is 1. The van der Waals surface area contributed by atoms with Crippen molar-refractivity contribution in [1.82, 2.24) is 9.88 Å². The van der Waals surface area contributed by atoms with Crippen LogP contribution in [0, 0.1) is 11.8 Å². The molecule has 1 amide bonds. The van der Waals surface area contributed by atoms with Crippen molar-refractivity contribution in [3.8, 4) is 0 Å². The average Bonchev–Trinajstić information content (AvgIpc) is 3.12. The zero-order chi connectivity index (χ0) is 18.9. The van der Waals surface area contributed by atoms with E-state index in [1.807, 2.05) is 0 Å². The number of rotatable bonds is 3. The van der Waals surface area contributed by atoms with E-state index in [2.05, 4.69) is 4.98 Å². The lowest BCUT2D eigenvalue weighted by molar-refractivity contribution is -0.146. The Hall–Kier alpha value is -1.64. The van der Waals surface area contributed by atoms with E-state index in [4.69, 9.17) is 5.11 Å². The topological polar surface area (TPSA) is 70.5 Å². The molecule has 0 radical (unpaired) electrons. The zero-order valence-corrected chi connectivity index (χ0v) is 15.0. The minimum atomic E-state index is -4.44. The van der Waals surface area contributed by atoms with Gasteiger partial charge >= 0.3 is 12.1 Å². The third-order valence-corrected chi connectivity index (χ3v) is 6.33. The maximum atomic E-state index is 12.8. The molecule has 0 bridgehead atoms. The summed E-state index contributed by atoms with van der Waals surface area (Å²) >= 11 is 1.00. The van der Waals surface area contributed by atoms with E-state index >= 15 is 0 Å². The van der Waals surface area contributed by atoms with E-state index < -0.39 is 17.8 Å². The van der Waals surface area contributed by atoms with Crippen LogP contribution in [0.15, 0.2) is 5.38 Å². The number of likely N-dealkylation sites (tertiary alicyclic amines) is 1. The van der Waals surface area contributed by atoms with Gasteiger partial charge in [-0.2, -0.15) is 13.2 Å². The molecular weight excluding hydrogens is 369 g/mol. The maximum Gasteiger partial charge on any atom is 0.434 e. The van der Waals surface area contributed by atoms with Crippen LogP contribution in [-0.4, -0.2) is 40.0 Å². The van der Waals surface area contributed by atoms with E-state index in [1.54, 1.807) is 4.90 Å². The summed E-state index contributed by atoms with van der Waals surface area (Å²) in [5, 5.41) is 10.5. The van der Waals surface area contributed by atoms with Crippen LogP contribution in [-0.2, 0) is 15.8 Å². The highest BCUT2D eigenvalue weighted by Crippen LogP contribution is 2.36. The molecule has 9 heteroatoms. The summed E-state index contributed by atoms with van der Waals surface area (Å²) in [5.74, 6) is -1.51. The number of carboxylic acid groups (broad SMARTS) is 1. The van der Waals surface area contributed by atoms with Crippen molar-refractivity contribution in [2.75, 3.05) is 13.1 Å². The number of nitrogens with zero attached hydrogens (tertiary/aromatic N) is 2. The minimum absolute atomic E-state index is 0.00568. The number of halogens is 3. The lowest BCUT2D eigenvalue weighted by Crippen LogP contribution is -2.43. The van der Waals surface area contributed by atoms with Gasteiger partial charge in [0.15, 0.2) is 5.69 Å². The second-order valence-electron chi connectivity index (χ2n) is 7.08. The van der Waals surface area contributed by atoms with E-state index in [-0.39, 0.29) is 23.7 Å². The standard InChI is InChI=1S/C17H21F3N2O3S/c18-17(19,20)13-9-26-14(21-13)12-2-1-7-22(8-12)15(23)10-3-5-11(6-4-10)16(24)25/h9-12H,1-8H2,(H,24,25). The fourth-order valence-electron chi connectivity index (χ4n) is 3.83. The second kappa shape index (κ2) is 7.54. The fraction of sp³-hybridized carbons (Fsp3) is 0.706. The van der Waals surface area contributed by atoms with Crippen molar-refractivity contribution in [2.24, 2.45) is 11.8 Å². The molecule has 1 saturated heterocycles. The number of hydrogen-bond acceptors (Lipinski definition) is 4. The third kappa shape index (κ3) is 4.19. The van der Waals surface area contributed by atoms with Gasteiger partial charge in [-0.3, -0.25) is 9.59 Å². The van der Waals surface area contributed by atoms with E-state index in [0.717, 1.165) is 29.6 Å². The van der Waals surface area contributed by atoms with Crippen molar-refractivity contribution in [3.05, 3.63) is 16.1 Å². The summed E-state index contributed by atoms with van der Waals surface area (Å²) in [7, 11) is 0. The highest BCUT2D eigenvalue weighted by atomic mass is 32.1. The van der Waals surface area contributed by atoms with Crippen LogP contribution in [0.3, 0.4) is 0 Å². The van der Waals surface area contributed by atoms with Crippen LogP contribution in [0.1, 0.15) is 55.1 Å². The number of carboxylic acids is 1. The van der Waals surface area contributed by atoms with Crippen molar-refractivity contribution < 1.29 is 27.9 Å². The summed E-state index contributed by atoms with van der Waals surface area (Å²) < 4.78 is 38.2. The van der Waals surface area contributed by atoms with Crippen molar-refractivity contribution in [1.29, 1.82) is 0 Å². The highest BCUT2D eigenvalue weighted by Gasteiger charge is 2.37. The molecule has 26 heavy (non-hydrogen) atoms. The number of aromatic nitrogens is 1. The monoisotopic (exact) mass is 390 g/mol. The van der Waals surface area contributed by atoms with Crippen LogP contribution < -0.4 is 0 Å². The van der Waals surface area contributed by atoms with Gasteiger partial charge in [-0.1, -0.05) is 0 Å². The summed E-state index contributed by atoms with van der Waals surface area (Å²) in [5.41, 5.74) is -0.868. The average molecular weight is 390 g/mol. The van der Waals surface area contributed by atoms with Gasteiger partial charge < -0.3 is 10.0 Å². The third-order valence-electron chi connectivity index (χ3n) is 5.32. The fourth-order valence-corrected chi connectivity index (χ4v) is 4.78. The van der Waals surface area contributed by atoms with Gasteiger partial charge in [0.1, 0.15) is 0 Å². The van der Waals surface area contributed by atoms with Crippen LogP contribution >= 0.6 is 11.3 Å². The number of carbonyl (C=O) groups is 2. The van der Waals surface area contributed by atoms with Crippen LogP contribution in [0.25, 0.3) is 0 Å². The summed E-state index contributed by atoms with van der Waals surface area (Å²) in [6.07, 6.45) is -0.850. The van der Waals surface area contributed by atoms with Crippen molar-refractivity contribution in [2.45, 2.75) is 50.6 Å². The Balaban J connectivity index is 1.61. The van der Waals surface area contributed by atoms with Gasteiger partial charge in [-0.15, -0.1) is 11.3 Å². The molecule has 3 rings (SSSR count). The molecule has 1 aliphatic heterocycles. The minimum Gasteiger partial charge on any atom is -0.481 e. The first-order valence-electron chi connectivity index (χ1n) is 8.80. The maximum absolute atomic E-state index is 12.8. The largest absolute Gasteiger partial charge is 0.481 e. The molecule has 0 spiro atoms. The first-order valence-corrected chi connectivity index (χ1v) is 9.68. The lowest BCUT2D eigenvalue weighted by atomic mass is 9.81. The van der Waals surface area contributed by atoms with Gasteiger partial charge in [0.2, 0.25) is 5.91 Å². The normalized spacial score (nSPS) is 27.3. The first kappa shape index (κ1) is 19.1. The molecule has 1 aromatic rings. The molecule has 2 heterocycles. The molecule has 1 unspecified atom stereocenters. The SMILES string of the molecule is O=C(O)C1CCC(C(=O)N2CCCC(c3nc(C(F)(F)F)cs3)C2)CC1. The Kier molecular flexibility index (Phi) is 5.55. The molecule has 5 nitrogen and oxygen atoms in total. The number of carbonyl (C=O) groups excluding carboxylic acids is 1. The molecule has 1 saturated carbocycles. The molecule has 1 atom stereocenters. The highest BCUT2D eigenvalue weighted by molar-refractivity contribution is 7.09. The number of thiazole rings is 1. The summed E-state index contributed by atoms with van der Waals surface area (Å²) in [6.45, 7) is 0.994. The molecule has 144 valence electrons. The van der Waals surface area contributed by atoms with Gasteiger partial charge in [-0.25, -0.2) is 4.98 Å². The molecule has 1 N–H and O–H groups in total. The van der Waals surface area contributed by atoms with Gasteiger partial charge in [0.25, 0.3) is 0 Å². The van der Waals surface area contributed by atoms with Crippen molar-refractivity contribution in [3.63, 3.8) is 0 Å². The smallest absolute Gasteiger partial charge is 0.434 e. The van der Waals surface area contributed by atoms with E-state index in [0.29, 0.717) is 43.8 Å². The second-order valence-corrected chi connectivity index (χ2v) is 7.97. The molecular formula is C17H21F3N2O3S. The predicted molar refractivity (Wildman–Crippen MR) is 88.8 cm³/mol. The number of alkyl halides is 3. The Morgan fingerprint density at radius 3 is 2.38 bits per heavy atom. The van der Waals surface area contributed by atoms with E-state index in [1.165, 1.54) is 0 Å². The van der Waals surface area contributed by atoms with Crippen LogP contribution in [0.4, 0.5) is 13.2 Å². The van der Waals surface area contributed by atoms with Crippen LogP contribution in [0.2, 0.25) is 0 Å². The molecule has 1 aliphatic carbocycles. The summed E-state index contributed by atoms with van der Waals surface area (Å²) in [4.78, 5) is 29.2. The Labute approximate surface area is 153 Å². The lowest BCUT2D eigenvalue weighted by Gasteiger charge is -2.36. The van der Waals surface area contributed by atoms with Gasteiger partial charge in [0.05, 0.1) is 10.9 Å². The Morgan fingerprint density at radius 1 is 1.15 bits per heavy atom. The van der Waals surface area contributed by atoms with E-state index in [9.17, 15) is 22.8 Å². The first-order chi connectivity index (χ1) is 12.3. The molecule has 1 aromatic heterocycles. The molecule has 2 aliphatic rings. The zero-order valence-electron chi connectivity index (χ0n) is 14.2.